The van der Waals surface area contributed by atoms with Crippen LogP contribution in [0.2, 0.25) is 0 Å². The van der Waals surface area contributed by atoms with E-state index < -0.39 is 10.0 Å². The van der Waals surface area contributed by atoms with E-state index >= 15 is 0 Å². The molecule has 92 valence electrons. The molecular weight excluding hydrogens is 248 g/mol. The molecule has 0 spiro atoms. The number of hydrogen-bond acceptors (Lipinski definition) is 3. The van der Waals surface area contributed by atoms with E-state index in [0.29, 0.717) is 17.3 Å². The molecule has 2 aromatic rings. The second-order valence-corrected chi connectivity index (χ2v) is 5.99. The summed E-state index contributed by atoms with van der Waals surface area (Å²) in [5.41, 5.74) is 0.983. The van der Waals surface area contributed by atoms with E-state index in [4.69, 9.17) is 0 Å². The average molecular weight is 260 g/mol. The molecule has 0 saturated heterocycles. The lowest BCUT2D eigenvalue weighted by Crippen LogP contribution is -2.29. The van der Waals surface area contributed by atoms with Gasteiger partial charge in [0.2, 0.25) is 0 Å². The van der Waals surface area contributed by atoms with Gasteiger partial charge in [-0.3, -0.25) is 0 Å². The number of nitrogens with zero attached hydrogens (tertiary/aromatic N) is 2. The van der Waals surface area contributed by atoms with Gasteiger partial charge in [0.1, 0.15) is 5.82 Å². The Kier molecular flexibility index (Phi) is 2.56. The number of sulfonamides is 1. The van der Waals surface area contributed by atoms with Crippen molar-refractivity contribution in [2.24, 2.45) is 0 Å². The first kappa shape index (κ1) is 11.2. The Balaban J connectivity index is 2.08. The quantitative estimate of drug-likeness (QED) is 0.827. The highest BCUT2D eigenvalue weighted by Crippen LogP contribution is 2.30. The van der Waals surface area contributed by atoms with E-state index in [-0.39, 0.29) is 0 Å². The van der Waals surface area contributed by atoms with Gasteiger partial charge in [-0.15, -0.1) is 0 Å². The predicted octanol–water partition coefficient (Wildman–Crippen LogP) is 1.83. The fourth-order valence-electron chi connectivity index (χ4n) is 2.13. The summed E-state index contributed by atoms with van der Waals surface area (Å²) in [7, 11) is -3.48. The summed E-state index contributed by atoms with van der Waals surface area (Å²) in [6.07, 6.45) is 2.34. The topological polar surface area (TPSA) is 50.3 Å². The molecule has 1 aliphatic rings. The Morgan fingerprint density at radius 3 is 2.61 bits per heavy atom. The number of anilines is 1. The van der Waals surface area contributed by atoms with Crippen LogP contribution in [0.4, 0.5) is 5.82 Å². The molecule has 18 heavy (non-hydrogen) atoms. The molecule has 0 radical (unpaired) electrons. The van der Waals surface area contributed by atoms with Gasteiger partial charge < -0.3 is 0 Å². The van der Waals surface area contributed by atoms with Crippen LogP contribution in [0.15, 0.2) is 53.6 Å². The van der Waals surface area contributed by atoms with E-state index in [2.05, 4.69) is 4.98 Å². The van der Waals surface area contributed by atoms with E-state index in [1.807, 2.05) is 12.1 Å². The average Bonchev–Trinajstić information content (AvgIpc) is 2.84. The van der Waals surface area contributed by atoms with Gasteiger partial charge in [0.15, 0.2) is 0 Å². The summed E-state index contributed by atoms with van der Waals surface area (Å²) >= 11 is 0. The highest BCUT2D eigenvalue weighted by Gasteiger charge is 2.31. The minimum atomic E-state index is -3.48. The molecule has 0 unspecified atom stereocenters. The largest absolute Gasteiger partial charge is 0.265 e. The SMILES string of the molecule is O=S(=O)(c1ccccc1)N1CCc2cccnc21. The zero-order valence-electron chi connectivity index (χ0n) is 9.65. The van der Waals surface area contributed by atoms with Gasteiger partial charge in [-0.05, 0) is 30.2 Å². The molecule has 0 N–H and O–H groups in total. The van der Waals surface area contributed by atoms with Crippen molar-refractivity contribution in [2.75, 3.05) is 10.8 Å². The molecule has 4 nitrogen and oxygen atoms in total. The summed E-state index contributed by atoms with van der Waals surface area (Å²) < 4.78 is 26.4. The van der Waals surface area contributed by atoms with Crippen molar-refractivity contribution < 1.29 is 8.42 Å². The Bertz CT molecular complexity index is 668. The van der Waals surface area contributed by atoms with Crippen molar-refractivity contribution in [3.8, 4) is 0 Å². The van der Waals surface area contributed by atoms with Gasteiger partial charge in [0.25, 0.3) is 10.0 Å². The van der Waals surface area contributed by atoms with Crippen LogP contribution in [0.3, 0.4) is 0 Å². The summed E-state index contributed by atoms with van der Waals surface area (Å²) in [4.78, 5) is 4.49. The van der Waals surface area contributed by atoms with Crippen molar-refractivity contribution in [1.29, 1.82) is 0 Å². The van der Waals surface area contributed by atoms with E-state index in [0.717, 1.165) is 12.0 Å². The van der Waals surface area contributed by atoms with Crippen LogP contribution in [-0.4, -0.2) is 19.9 Å². The van der Waals surface area contributed by atoms with E-state index in [1.165, 1.54) is 4.31 Å². The maximum Gasteiger partial charge on any atom is 0.265 e. The molecule has 5 heteroatoms. The van der Waals surface area contributed by atoms with Gasteiger partial charge in [-0.2, -0.15) is 0 Å². The fourth-order valence-corrected chi connectivity index (χ4v) is 3.61. The molecule has 3 rings (SSSR count). The van der Waals surface area contributed by atoms with Crippen LogP contribution < -0.4 is 4.31 Å². The van der Waals surface area contributed by atoms with Gasteiger partial charge in [-0.1, -0.05) is 24.3 Å². The maximum absolute atomic E-state index is 12.5. The summed E-state index contributed by atoms with van der Waals surface area (Å²) in [5, 5.41) is 0. The first-order valence-electron chi connectivity index (χ1n) is 5.71. The number of hydrogen-bond donors (Lipinski definition) is 0. The number of fused-ring (bicyclic) bond motifs is 1. The molecule has 1 aromatic carbocycles. The normalized spacial score (nSPS) is 14.6. The Morgan fingerprint density at radius 2 is 1.83 bits per heavy atom. The van der Waals surface area contributed by atoms with Crippen LogP contribution in [0, 0.1) is 0 Å². The van der Waals surface area contributed by atoms with Crippen molar-refractivity contribution in [1.82, 2.24) is 4.98 Å². The predicted molar refractivity (Wildman–Crippen MR) is 68.9 cm³/mol. The number of benzene rings is 1. The molecule has 0 atom stereocenters. The van der Waals surface area contributed by atoms with Crippen LogP contribution in [0.25, 0.3) is 0 Å². The zero-order valence-corrected chi connectivity index (χ0v) is 10.5. The maximum atomic E-state index is 12.5. The summed E-state index contributed by atoms with van der Waals surface area (Å²) in [6.45, 7) is 0.462. The number of aromatic nitrogens is 1. The van der Waals surface area contributed by atoms with Crippen molar-refractivity contribution in [3.63, 3.8) is 0 Å². The molecular formula is C13H12N2O2S. The van der Waals surface area contributed by atoms with Crippen LogP contribution >= 0.6 is 0 Å². The minimum Gasteiger partial charge on any atom is -0.249 e. The van der Waals surface area contributed by atoms with Crippen molar-refractivity contribution >= 4 is 15.8 Å². The number of rotatable bonds is 2. The Morgan fingerprint density at radius 1 is 1.06 bits per heavy atom. The molecule has 0 fully saturated rings. The molecule has 0 aliphatic carbocycles. The first-order chi connectivity index (χ1) is 8.69. The molecule has 0 bridgehead atoms. The van der Waals surface area contributed by atoms with Crippen LogP contribution in [0.5, 0.6) is 0 Å². The zero-order chi connectivity index (χ0) is 12.6. The van der Waals surface area contributed by atoms with Gasteiger partial charge in [-0.25, -0.2) is 17.7 Å². The standard InChI is InChI=1S/C13H12N2O2S/c16-18(17,12-6-2-1-3-7-12)15-10-8-11-5-4-9-14-13(11)15/h1-7,9H,8,10H2. The first-order valence-corrected chi connectivity index (χ1v) is 7.15. The van der Waals surface area contributed by atoms with Crippen LogP contribution in [-0.2, 0) is 16.4 Å². The Labute approximate surface area is 106 Å². The second kappa shape index (κ2) is 4.10. The van der Waals surface area contributed by atoms with Crippen LogP contribution in [0.1, 0.15) is 5.56 Å². The van der Waals surface area contributed by atoms with E-state index in [1.54, 1.807) is 36.5 Å². The molecule has 0 saturated carbocycles. The molecule has 1 aromatic heterocycles. The lowest BCUT2D eigenvalue weighted by Gasteiger charge is -2.18. The monoisotopic (exact) mass is 260 g/mol. The summed E-state index contributed by atoms with van der Waals surface area (Å²) in [6, 6.07) is 12.2. The minimum absolute atomic E-state index is 0.309. The van der Waals surface area contributed by atoms with Crippen molar-refractivity contribution in [3.05, 3.63) is 54.2 Å². The van der Waals surface area contributed by atoms with Gasteiger partial charge in [0.05, 0.1) is 4.90 Å². The third-order valence-corrected chi connectivity index (χ3v) is 4.82. The second-order valence-electron chi connectivity index (χ2n) is 4.13. The summed E-state index contributed by atoms with van der Waals surface area (Å²) in [5.74, 6) is 0.557. The third kappa shape index (κ3) is 1.67. The molecule has 1 aliphatic heterocycles. The molecule has 0 amide bonds. The van der Waals surface area contributed by atoms with Gasteiger partial charge >= 0.3 is 0 Å². The smallest absolute Gasteiger partial charge is 0.249 e. The number of pyridine rings is 1. The van der Waals surface area contributed by atoms with Gasteiger partial charge in [0, 0.05) is 12.7 Å². The lowest BCUT2D eigenvalue weighted by molar-refractivity contribution is 0.592. The Hall–Kier alpha value is -1.88. The van der Waals surface area contributed by atoms with E-state index in [9.17, 15) is 8.42 Å². The highest BCUT2D eigenvalue weighted by atomic mass is 32.2. The lowest BCUT2D eigenvalue weighted by atomic mass is 10.2. The third-order valence-electron chi connectivity index (χ3n) is 3.02. The molecule has 2 heterocycles. The highest BCUT2D eigenvalue weighted by molar-refractivity contribution is 7.92. The fraction of sp³-hybridized carbons (Fsp3) is 0.154. The van der Waals surface area contributed by atoms with Crippen molar-refractivity contribution in [2.45, 2.75) is 11.3 Å².